The molecule has 0 spiro atoms. The van der Waals surface area contributed by atoms with Crippen molar-refractivity contribution >= 4 is 22.5 Å². The highest BCUT2D eigenvalue weighted by molar-refractivity contribution is 5.85. The SMILES string of the molecule is CC(c1ccc(F)cc1)N1CCN(c2cc(Oc3cccc4ccc(N)nc34)ncn2)CC1. The van der Waals surface area contributed by atoms with Gasteiger partial charge in [-0.1, -0.05) is 24.3 Å². The summed E-state index contributed by atoms with van der Waals surface area (Å²) in [5.41, 5.74) is 7.68. The van der Waals surface area contributed by atoms with Crippen LogP contribution in [0.4, 0.5) is 16.0 Å². The maximum Gasteiger partial charge on any atom is 0.224 e. The molecule has 4 aromatic rings. The third kappa shape index (κ3) is 4.56. The molecule has 0 amide bonds. The Labute approximate surface area is 191 Å². The number of hydrogen-bond acceptors (Lipinski definition) is 7. The van der Waals surface area contributed by atoms with Crippen molar-refractivity contribution in [2.24, 2.45) is 0 Å². The molecule has 1 unspecified atom stereocenters. The lowest BCUT2D eigenvalue weighted by molar-refractivity contribution is 0.198. The standard InChI is InChI=1S/C25H25FN6O/c1-17(18-5-8-20(26)9-6-18)31-11-13-32(14-12-31)23-15-24(29-16-28-23)33-21-4-2-3-19-7-10-22(27)30-25(19)21/h2-10,15-17H,11-14H2,1H3,(H2,27,30). The molecule has 1 saturated heterocycles. The molecule has 33 heavy (non-hydrogen) atoms. The van der Waals surface area contributed by atoms with Crippen LogP contribution in [0.1, 0.15) is 18.5 Å². The first-order chi connectivity index (χ1) is 16.1. The van der Waals surface area contributed by atoms with E-state index in [9.17, 15) is 4.39 Å². The fourth-order valence-electron chi connectivity index (χ4n) is 4.18. The third-order valence-electron chi connectivity index (χ3n) is 6.09. The van der Waals surface area contributed by atoms with Crippen LogP contribution < -0.4 is 15.4 Å². The number of benzene rings is 2. The molecule has 0 aliphatic carbocycles. The van der Waals surface area contributed by atoms with E-state index in [1.165, 1.54) is 18.5 Å². The van der Waals surface area contributed by atoms with Crippen LogP contribution in [0, 0.1) is 5.82 Å². The minimum atomic E-state index is -0.208. The van der Waals surface area contributed by atoms with Crippen LogP contribution in [0.3, 0.4) is 0 Å². The van der Waals surface area contributed by atoms with Gasteiger partial charge in [0.05, 0.1) is 0 Å². The number of anilines is 2. The summed E-state index contributed by atoms with van der Waals surface area (Å²) < 4.78 is 19.3. The lowest BCUT2D eigenvalue weighted by atomic mass is 10.1. The zero-order valence-electron chi connectivity index (χ0n) is 18.4. The molecule has 1 fully saturated rings. The van der Waals surface area contributed by atoms with Crippen LogP contribution in [0.15, 0.2) is 67.0 Å². The summed E-state index contributed by atoms with van der Waals surface area (Å²) in [6.45, 7) is 5.57. The number of pyridine rings is 1. The minimum absolute atomic E-state index is 0.208. The van der Waals surface area contributed by atoms with Crippen molar-refractivity contribution in [3.05, 3.63) is 78.4 Å². The summed E-state index contributed by atoms with van der Waals surface area (Å²) in [7, 11) is 0. The molecule has 8 heteroatoms. The summed E-state index contributed by atoms with van der Waals surface area (Å²) in [4.78, 5) is 17.8. The highest BCUT2D eigenvalue weighted by Crippen LogP contribution is 2.30. The molecule has 5 rings (SSSR count). The first kappa shape index (κ1) is 21.1. The average Bonchev–Trinajstić information content (AvgIpc) is 2.85. The summed E-state index contributed by atoms with van der Waals surface area (Å²) in [5.74, 6) is 2.11. The predicted octanol–water partition coefficient (Wildman–Crippen LogP) is 4.42. The molecule has 2 N–H and O–H groups in total. The molecule has 2 aromatic heterocycles. The highest BCUT2D eigenvalue weighted by Gasteiger charge is 2.23. The van der Waals surface area contributed by atoms with Crippen molar-refractivity contribution in [1.29, 1.82) is 0 Å². The summed E-state index contributed by atoms with van der Waals surface area (Å²) in [6, 6.07) is 18.2. The van der Waals surface area contributed by atoms with E-state index < -0.39 is 0 Å². The first-order valence-corrected chi connectivity index (χ1v) is 11.0. The second kappa shape index (κ2) is 8.99. The van der Waals surface area contributed by atoms with Gasteiger partial charge in [0.15, 0.2) is 5.75 Å². The Balaban J connectivity index is 1.28. The normalized spacial score (nSPS) is 15.5. The molecule has 1 atom stereocenters. The lowest BCUT2D eigenvalue weighted by Gasteiger charge is -2.38. The van der Waals surface area contributed by atoms with Crippen molar-refractivity contribution in [3.8, 4) is 11.6 Å². The van der Waals surface area contributed by atoms with Gasteiger partial charge in [-0.25, -0.2) is 19.3 Å². The van der Waals surface area contributed by atoms with Crippen molar-refractivity contribution in [2.45, 2.75) is 13.0 Å². The number of nitrogen functional groups attached to an aromatic ring is 1. The molecule has 3 heterocycles. The Bertz CT molecular complexity index is 1260. The molecule has 0 saturated carbocycles. The highest BCUT2D eigenvalue weighted by atomic mass is 19.1. The number of hydrogen-bond donors (Lipinski definition) is 1. The number of halogens is 1. The molecular formula is C25H25FN6O. The van der Waals surface area contributed by atoms with Gasteiger partial charge >= 0.3 is 0 Å². The van der Waals surface area contributed by atoms with E-state index in [1.807, 2.05) is 42.5 Å². The van der Waals surface area contributed by atoms with E-state index in [-0.39, 0.29) is 11.9 Å². The number of aromatic nitrogens is 3. The topological polar surface area (TPSA) is 80.4 Å². The fraction of sp³-hybridized carbons (Fsp3) is 0.240. The van der Waals surface area contributed by atoms with Crippen molar-refractivity contribution in [3.63, 3.8) is 0 Å². The quantitative estimate of drug-likeness (QED) is 0.488. The van der Waals surface area contributed by atoms with Gasteiger partial charge in [0.2, 0.25) is 5.88 Å². The third-order valence-corrected chi connectivity index (χ3v) is 6.09. The molecule has 2 aromatic carbocycles. The number of para-hydroxylation sites is 1. The molecule has 0 radical (unpaired) electrons. The van der Waals surface area contributed by atoms with E-state index in [0.29, 0.717) is 23.0 Å². The number of rotatable bonds is 5. The van der Waals surface area contributed by atoms with E-state index in [2.05, 4.69) is 31.7 Å². The molecule has 7 nitrogen and oxygen atoms in total. The summed E-state index contributed by atoms with van der Waals surface area (Å²) in [5, 5.41) is 0.947. The second-order valence-electron chi connectivity index (χ2n) is 8.13. The monoisotopic (exact) mass is 444 g/mol. The Hall–Kier alpha value is -3.78. The predicted molar refractivity (Wildman–Crippen MR) is 127 cm³/mol. The number of nitrogens with zero attached hydrogens (tertiary/aromatic N) is 5. The number of fused-ring (bicyclic) bond motifs is 1. The largest absolute Gasteiger partial charge is 0.437 e. The van der Waals surface area contributed by atoms with E-state index in [4.69, 9.17) is 10.5 Å². The molecule has 1 aliphatic heterocycles. The van der Waals surface area contributed by atoms with Crippen LogP contribution in [-0.2, 0) is 0 Å². The number of nitrogens with two attached hydrogens (primary N) is 1. The van der Waals surface area contributed by atoms with E-state index >= 15 is 0 Å². The van der Waals surface area contributed by atoms with Crippen LogP contribution >= 0.6 is 0 Å². The van der Waals surface area contributed by atoms with Crippen LogP contribution in [-0.4, -0.2) is 46.0 Å². The van der Waals surface area contributed by atoms with Crippen LogP contribution in [0.25, 0.3) is 10.9 Å². The van der Waals surface area contributed by atoms with Gasteiger partial charge in [0.1, 0.15) is 29.3 Å². The van der Waals surface area contributed by atoms with Gasteiger partial charge in [0, 0.05) is 43.7 Å². The van der Waals surface area contributed by atoms with Crippen molar-refractivity contribution < 1.29 is 9.13 Å². The maximum atomic E-state index is 13.2. The second-order valence-corrected chi connectivity index (χ2v) is 8.13. The Morgan fingerprint density at radius 1 is 0.970 bits per heavy atom. The van der Waals surface area contributed by atoms with E-state index in [1.54, 1.807) is 6.07 Å². The minimum Gasteiger partial charge on any atom is -0.437 e. The number of piperazine rings is 1. The van der Waals surface area contributed by atoms with Crippen LogP contribution in [0.2, 0.25) is 0 Å². The molecule has 0 bridgehead atoms. The first-order valence-electron chi connectivity index (χ1n) is 11.0. The van der Waals surface area contributed by atoms with Gasteiger partial charge in [-0.2, -0.15) is 0 Å². The molecule has 1 aliphatic rings. The molecular weight excluding hydrogens is 419 g/mol. The molecule has 168 valence electrons. The average molecular weight is 445 g/mol. The van der Waals surface area contributed by atoms with Crippen molar-refractivity contribution in [1.82, 2.24) is 19.9 Å². The Kier molecular flexibility index (Phi) is 5.75. The maximum absolute atomic E-state index is 13.2. The summed E-state index contributed by atoms with van der Waals surface area (Å²) >= 11 is 0. The van der Waals surface area contributed by atoms with Crippen molar-refractivity contribution in [2.75, 3.05) is 36.8 Å². The van der Waals surface area contributed by atoms with Crippen LogP contribution in [0.5, 0.6) is 11.6 Å². The van der Waals surface area contributed by atoms with Gasteiger partial charge in [-0.15, -0.1) is 0 Å². The fourth-order valence-corrected chi connectivity index (χ4v) is 4.18. The van der Waals surface area contributed by atoms with Gasteiger partial charge < -0.3 is 15.4 Å². The Morgan fingerprint density at radius 2 is 1.76 bits per heavy atom. The van der Waals surface area contributed by atoms with Gasteiger partial charge in [0.25, 0.3) is 0 Å². The smallest absolute Gasteiger partial charge is 0.224 e. The van der Waals surface area contributed by atoms with Gasteiger partial charge in [-0.3, -0.25) is 4.90 Å². The van der Waals surface area contributed by atoms with Gasteiger partial charge in [-0.05, 0) is 42.8 Å². The number of ether oxygens (including phenoxy) is 1. The zero-order chi connectivity index (χ0) is 22.8. The summed E-state index contributed by atoms with van der Waals surface area (Å²) in [6.07, 6.45) is 1.52. The lowest BCUT2D eigenvalue weighted by Crippen LogP contribution is -2.47. The van der Waals surface area contributed by atoms with E-state index in [0.717, 1.165) is 42.9 Å². The Morgan fingerprint density at radius 3 is 2.55 bits per heavy atom. The zero-order valence-corrected chi connectivity index (χ0v) is 18.4.